The molecule has 0 aliphatic heterocycles. The zero-order valence-corrected chi connectivity index (χ0v) is 7.76. The second kappa shape index (κ2) is 1.33. The van der Waals surface area contributed by atoms with Crippen molar-refractivity contribution in [2.24, 2.45) is 47.3 Å². The van der Waals surface area contributed by atoms with Crippen LogP contribution in [-0.2, 0) is 0 Å². The monoisotopic (exact) mass is 176 g/mol. The van der Waals surface area contributed by atoms with E-state index in [0.29, 0.717) is 0 Å². The number of thiocarbonyl (C=S) groups is 1. The van der Waals surface area contributed by atoms with Gasteiger partial charge in [-0.05, 0) is 60.2 Å². The second-order valence-electron chi connectivity index (χ2n) is 5.74. The van der Waals surface area contributed by atoms with Crippen LogP contribution in [0.2, 0.25) is 0 Å². The number of hydrogen-bond donors (Lipinski definition) is 0. The summed E-state index contributed by atoms with van der Waals surface area (Å²) in [5, 5.41) is 0. The Labute approximate surface area is 77.7 Å². The summed E-state index contributed by atoms with van der Waals surface area (Å²) in [7, 11) is 0. The van der Waals surface area contributed by atoms with Gasteiger partial charge in [-0.15, -0.1) is 0 Å². The standard InChI is InChI=1S/C11H12S/c12-11-8-4-2-5-7-3(4)1-6(8)9(7)10(5)11/h3-10H,1-2H2/t3-,4-,5-,6+,7-,8-,9-,10+/m1/s1. The average Bonchev–Trinajstić information content (AvgIpc) is 2.47. The zero-order chi connectivity index (χ0) is 7.61. The van der Waals surface area contributed by atoms with Crippen molar-refractivity contribution in [3.05, 3.63) is 0 Å². The topological polar surface area (TPSA) is 0 Å². The van der Waals surface area contributed by atoms with Crippen LogP contribution in [0.3, 0.4) is 0 Å². The van der Waals surface area contributed by atoms with Crippen molar-refractivity contribution in [1.82, 2.24) is 0 Å². The molecule has 0 saturated heterocycles. The van der Waals surface area contributed by atoms with Gasteiger partial charge in [0.05, 0.1) is 0 Å². The lowest BCUT2D eigenvalue weighted by Crippen LogP contribution is -2.43. The Kier molecular flexibility index (Phi) is 0.639. The van der Waals surface area contributed by atoms with E-state index in [-0.39, 0.29) is 0 Å². The van der Waals surface area contributed by atoms with Crippen molar-refractivity contribution < 1.29 is 0 Å². The van der Waals surface area contributed by atoms with Crippen LogP contribution in [0, 0.1) is 47.3 Å². The first-order chi connectivity index (χ1) is 5.88. The molecule has 5 saturated carbocycles. The van der Waals surface area contributed by atoms with E-state index in [0.717, 1.165) is 41.4 Å². The summed E-state index contributed by atoms with van der Waals surface area (Å²) in [6, 6.07) is 0. The summed E-state index contributed by atoms with van der Waals surface area (Å²) in [6.07, 6.45) is 3.16. The first kappa shape index (κ1) is 5.74. The van der Waals surface area contributed by atoms with E-state index < -0.39 is 0 Å². The molecule has 0 nitrogen and oxygen atoms in total. The summed E-state index contributed by atoms with van der Waals surface area (Å²) in [6.45, 7) is 0. The number of fused-ring (bicyclic) bond motifs is 2. The fraction of sp³-hybridized carbons (Fsp3) is 0.909. The summed E-state index contributed by atoms with van der Waals surface area (Å²) in [5.74, 6) is 8.67. The third-order valence-electron chi connectivity index (χ3n) is 6.02. The summed E-state index contributed by atoms with van der Waals surface area (Å²) >= 11 is 5.63. The van der Waals surface area contributed by atoms with E-state index in [1.54, 1.807) is 17.7 Å². The first-order valence-corrected chi connectivity index (χ1v) is 5.82. The van der Waals surface area contributed by atoms with Gasteiger partial charge in [0, 0.05) is 4.86 Å². The molecule has 8 atom stereocenters. The minimum atomic E-state index is 0.954. The van der Waals surface area contributed by atoms with Gasteiger partial charge in [0.25, 0.3) is 0 Å². The smallest absolute Gasteiger partial charge is 0.000190 e. The molecule has 5 fully saturated rings. The highest BCUT2D eigenvalue weighted by Gasteiger charge is 2.79. The van der Waals surface area contributed by atoms with Gasteiger partial charge in [-0.25, -0.2) is 0 Å². The minimum absolute atomic E-state index is 0.954. The Morgan fingerprint density at radius 1 is 0.833 bits per heavy atom. The van der Waals surface area contributed by atoms with Gasteiger partial charge in [-0.1, -0.05) is 12.2 Å². The molecule has 0 radical (unpaired) electrons. The Morgan fingerprint density at radius 2 is 1.58 bits per heavy atom. The van der Waals surface area contributed by atoms with E-state index in [2.05, 4.69) is 0 Å². The fourth-order valence-electron chi connectivity index (χ4n) is 6.10. The predicted octanol–water partition coefficient (Wildman–Crippen LogP) is 2.13. The number of rotatable bonds is 0. The van der Waals surface area contributed by atoms with Crippen molar-refractivity contribution in [3.63, 3.8) is 0 Å². The first-order valence-electron chi connectivity index (χ1n) is 5.41. The van der Waals surface area contributed by atoms with Crippen molar-refractivity contribution in [1.29, 1.82) is 0 Å². The molecule has 0 aromatic heterocycles. The molecule has 0 aromatic rings. The molecule has 0 heterocycles. The van der Waals surface area contributed by atoms with Gasteiger partial charge in [0.2, 0.25) is 0 Å². The van der Waals surface area contributed by atoms with E-state index in [4.69, 9.17) is 12.2 Å². The normalized spacial score (nSPS) is 79.2. The summed E-state index contributed by atoms with van der Waals surface area (Å²) in [4.78, 5) is 1.54. The lowest BCUT2D eigenvalue weighted by Gasteiger charge is -2.44. The van der Waals surface area contributed by atoms with E-state index >= 15 is 0 Å². The molecule has 5 aliphatic rings. The summed E-state index contributed by atoms with van der Waals surface area (Å²) in [5.41, 5.74) is 0. The lowest BCUT2D eigenvalue weighted by molar-refractivity contribution is 0.0510. The van der Waals surface area contributed by atoms with Crippen LogP contribution in [0.15, 0.2) is 0 Å². The largest absolute Gasteiger partial charge is 0.0890 e. The molecular weight excluding hydrogens is 164 g/mol. The maximum Gasteiger partial charge on any atom is 0.000190 e. The van der Waals surface area contributed by atoms with Crippen LogP contribution in [0.1, 0.15) is 12.8 Å². The highest BCUT2D eigenvalue weighted by Crippen LogP contribution is 2.81. The fourth-order valence-corrected chi connectivity index (χ4v) is 6.78. The maximum atomic E-state index is 5.63. The Hall–Kier alpha value is 0.0900. The van der Waals surface area contributed by atoms with Gasteiger partial charge >= 0.3 is 0 Å². The van der Waals surface area contributed by atoms with Crippen molar-refractivity contribution >= 4 is 17.1 Å². The molecule has 5 aliphatic carbocycles. The molecule has 2 bridgehead atoms. The highest BCUT2D eigenvalue weighted by atomic mass is 32.1. The van der Waals surface area contributed by atoms with Gasteiger partial charge in [-0.3, -0.25) is 0 Å². The highest BCUT2D eigenvalue weighted by molar-refractivity contribution is 7.80. The SMILES string of the molecule is S=C1[C@@H]2[C@@H]3C[C@H]4[C@H]1[C@@H]1[C@H]2C[C@H]3[C@H]41. The summed E-state index contributed by atoms with van der Waals surface area (Å²) < 4.78 is 0. The van der Waals surface area contributed by atoms with Crippen LogP contribution in [0.5, 0.6) is 0 Å². The second-order valence-corrected chi connectivity index (χ2v) is 6.21. The van der Waals surface area contributed by atoms with Crippen LogP contribution < -0.4 is 0 Å². The van der Waals surface area contributed by atoms with Crippen molar-refractivity contribution in [2.75, 3.05) is 0 Å². The molecule has 0 N–H and O–H groups in total. The van der Waals surface area contributed by atoms with Crippen LogP contribution in [-0.4, -0.2) is 4.86 Å². The van der Waals surface area contributed by atoms with Gasteiger partial charge in [0.15, 0.2) is 0 Å². The third-order valence-corrected chi connectivity index (χ3v) is 6.57. The Bertz CT molecular complexity index is 315. The average molecular weight is 176 g/mol. The van der Waals surface area contributed by atoms with E-state index in [9.17, 15) is 0 Å². The van der Waals surface area contributed by atoms with E-state index in [1.165, 1.54) is 5.92 Å². The Balaban J connectivity index is 1.91. The number of hydrogen-bond acceptors (Lipinski definition) is 1. The van der Waals surface area contributed by atoms with Gasteiger partial charge in [-0.2, -0.15) is 0 Å². The Morgan fingerprint density at radius 3 is 2.50 bits per heavy atom. The predicted molar refractivity (Wildman–Crippen MR) is 49.8 cm³/mol. The molecule has 0 amide bonds. The zero-order valence-electron chi connectivity index (χ0n) is 6.94. The van der Waals surface area contributed by atoms with Gasteiger partial charge < -0.3 is 0 Å². The molecule has 0 spiro atoms. The van der Waals surface area contributed by atoms with Crippen molar-refractivity contribution in [3.8, 4) is 0 Å². The molecular formula is C11H12S. The molecule has 62 valence electrons. The molecule has 5 rings (SSSR count). The molecule has 12 heavy (non-hydrogen) atoms. The van der Waals surface area contributed by atoms with Gasteiger partial charge in [0.1, 0.15) is 0 Å². The molecule has 1 heteroatoms. The molecule has 0 unspecified atom stereocenters. The van der Waals surface area contributed by atoms with Crippen LogP contribution in [0.4, 0.5) is 0 Å². The van der Waals surface area contributed by atoms with E-state index in [1.807, 2.05) is 0 Å². The maximum absolute atomic E-state index is 5.63. The quantitative estimate of drug-likeness (QED) is 0.510. The minimum Gasteiger partial charge on any atom is -0.0890 e. The third kappa shape index (κ3) is 0.307. The van der Waals surface area contributed by atoms with Crippen molar-refractivity contribution in [2.45, 2.75) is 12.8 Å². The lowest BCUT2D eigenvalue weighted by atomic mass is 9.60. The van der Waals surface area contributed by atoms with Crippen LogP contribution in [0.25, 0.3) is 0 Å². The molecule has 0 aromatic carbocycles. The van der Waals surface area contributed by atoms with Crippen LogP contribution >= 0.6 is 12.2 Å².